The molecule has 5 nitrogen and oxygen atoms in total. The van der Waals surface area contributed by atoms with E-state index in [-0.39, 0.29) is 18.2 Å². The molecule has 0 saturated heterocycles. The Morgan fingerprint density at radius 2 is 1.70 bits per heavy atom. The van der Waals surface area contributed by atoms with Gasteiger partial charge in [-0.05, 0) is 6.42 Å². The van der Waals surface area contributed by atoms with E-state index in [2.05, 4.69) is 6.92 Å². The topological polar surface area (TPSA) is 62.9 Å². The van der Waals surface area contributed by atoms with Crippen LogP contribution in [0.1, 0.15) is 19.8 Å². The van der Waals surface area contributed by atoms with Gasteiger partial charge in [0.2, 0.25) is 0 Å². The fraction of sp³-hybridized carbons (Fsp3) is 0.600. The number of hydrogen-bond acceptors (Lipinski definition) is 5. The molecule has 0 amide bonds. The first-order chi connectivity index (χ1) is 9.67. The lowest BCUT2D eigenvalue weighted by Gasteiger charge is -2.41. The number of ether oxygens (including phenoxy) is 4. The minimum Gasteiger partial charge on any atom is -0.496 e. The molecule has 0 heterocycles. The van der Waals surface area contributed by atoms with Crippen LogP contribution in [0.4, 0.5) is 0 Å². The highest BCUT2D eigenvalue weighted by atomic mass is 16.5. The van der Waals surface area contributed by atoms with Gasteiger partial charge in [-0.25, -0.2) is 0 Å². The molecule has 2 N–H and O–H groups in total. The molecule has 3 unspecified atom stereocenters. The van der Waals surface area contributed by atoms with Crippen LogP contribution < -0.4 is 19.9 Å². The summed E-state index contributed by atoms with van der Waals surface area (Å²) < 4.78 is 22.1. The van der Waals surface area contributed by atoms with E-state index in [1.165, 1.54) is 0 Å². The van der Waals surface area contributed by atoms with Gasteiger partial charge in [0.15, 0.2) is 0 Å². The SMILES string of the molecule is CCCOC1C(N)CC1Oc1cc(OC)cc(OC)c1. The van der Waals surface area contributed by atoms with Crippen LogP contribution in [-0.4, -0.2) is 39.1 Å². The molecule has 0 bridgehead atoms. The molecule has 5 heteroatoms. The number of rotatable bonds is 7. The fourth-order valence-corrected chi connectivity index (χ4v) is 2.24. The average Bonchev–Trinajstić information content (AvgIpc) is 2.46. The minimum atomic E-state index is -0.0351. The monoisotopic (exact) mass is 281 g/mol. The van der Waals surface area contributed by atoms with Crippen LogP contribution in [0.25, 0.3) is 0 Å². The Kier molecular flexibility index (Phi) is 5.09. The van der Waals surface area contributed by atoms with E-state index >= 15 is 0 Å². The highest BCUT2D eigenvalue weighted by molar-refractivity contribution is 5.42. The summed E-state index contributed by atoms with van der Waals surface area (Å²) in [5.74, 6) is 2.12. The second-order valence-corrected chi connectivity index (χ2v) is 4.94. The van der Waals surface area contributed by atoms with Crippen molar-refractivity contribution in [1.29, 1.82) is 0 Å². The molecular formula is C15H23NO4. The number of benzene rings is 1. The van der Waals surface area contributed by atoms with E-state index in [1.807, 2.05) is 18.2 Å². The van der Waals surface area contributed by atoms with Crippen LogP contribution in [-0.2, 0) is 4.74 Å². The molecule has 1 aliphatic rings. The van der Waals surface area contributed by atoms with Crippen molar-refractivity contribution in [2.24, 2.45) is 5.73 Å². The van der Waals surface area contributed by atoms with E-state index in [9.17, 15) is 0 Å². The smallest absolute Gasteiger partial charge is 0.128 e. The lowest BCUT2D eigenvalue weighted by atomic mass is 9.86. The molecule has 1 saturated carbocycles. The maximum Gasteiger partial charge on any atom is 0.128 e. The summed E-state index contributed by atoms with van der Waals surface area (Å²) in [6.45, 7) is 2.78. The van der Waals surface area contributed by atoms with Crippen molar-refractivity contribution >= 4 is 0 Å². The van der Waals surface area contributed by atoms with Gasteiger partial charge in [-0.15, -0.1) is 0 Å². The second kappa shape index (κ2) is 6.81. The molecule has 1 aromatic carbocycles. The van der Waals surface area contributed by atoms with Gasteiger partial charge in [0.25, 0.3) is 0 Å². The van der Waals surface area contributed by atoms with Gasteiger partial charge in [-0.3, -0.25) is 0 Å². The Morgan fingerprint density at radius 3 is 2.20 bits per heavy atom. The van der Waals surface area contributed by atoms with Crippen LogP contribution in [0.2, 0.25) is 0 Å². The van der Waals surface area contributed by atoms with Crippen molar-refractivity contribution in [3.8, 4) is 17.2 Å². The molecule has 2 rings (SSSR count). The lowest BCUT2D eigenvalue weighted by Crippen LogP contribution is -2.59. The van der Waals surface area contributed by atoms with Gasteiger partial charge < -0.3 is 24.7 Å². The van der Waals surface area contributed by atoms with E-state index < -0.39 is 0 Å². The zero-order chi connectivity index (χ0) is 14.5. The Bertz CT molecular complexity index is 416. The first-order valence-electron chi connectivity index (χ1n) is 6.94. The zero-order valence-electron chi connectivity index (χ0n) is 12.3. The maximum absolute atomic E-state index is 5.97. The van der Waals surface area contributed by atoms with E-state index in [0.717, 1.165) is 12.8 Å². The minimum absolute atomic E-state index is 0.00615. The van der Waals surface area contributed by atoms with Crippen molar-refractivity contribution in [3.05, 3.63) is 18.2 Å². The average molecular weight is 281 g/mol. The normalized spacial score (nSPS) is 24.9. The molecular weight excluding hydrogens is 258 g/mol. The second-order valence-electron chi connectivity index (χ2n) is 4.94. The maximum atomic E-state index is 5.97. The van der Waals surface area contributed by atoms with Crippen LogP contribution in [0.15, 0.2) is 18.2 Å². The zero-order valence-corrected chi connectivity index (χ0v) is 12.3. The fourth-order valence-electron chi connectivity index (χ4n) is 2.24. The van der Waals surface area contributed by atoms with Crippen molar-refractivity contribution in [1.82, 2.24) is 0 Å². The molecule has 3 atom stereocenters. The van der Waals surface area contributed by atoms with Gasteiger partial charge in [-0.2, -0.15) is 0 Å². The van der Waals surface area contributed by atoms with Gasteiger partial charge in [-0.1, -0.05) is 6.92 Å². The molecule has 1 fully saturated rings. The van der Waals surface area contributed by atoms with Crippen LogP contribution in [0, 0.1) is 0 Å². The molecule has 20 heavy (non-hydrogen) atoms. The summed E-state index contributed by atoms with van der Waals surface area (Å²) in [6, 6.07) is 5.54. The summed E-state index contributed by atoms with van der Waals surface area (Å²) >= 11 is 0. The van der Waals surface area contributed by atoms with Gasteiger partial charge in [0.1, 0.15) is 29.5 Å². The highest BCUT2D eigenvalue weighted by Crippen LogP contribution is 2.32. The van der Waals surface area contributed by atoms with E-state index in [4.69, 9.17) is 24.7 Å². The molecule has 1 aliphatic carbocycles. The Hall–Kier alpha value is -1.46. The third-order valence-electron chi connectivity index (χ3n) is 3.42. The highest BCUT2D eigenvalue weighted by Gasteiger charge is 2.41. The molecule has 0 aromatic heterocycles. The number of hydrogen-bond donors (Lipinski definition) is 1. The third kappa shape index (κ3) is 3.35. The van der Waals surface area contributed by atoms with E-state index in [1.54, 1.807) is 14.2 Å². The van der Waals surface area contributed by atoms with Gasteiger partial charge in [0, 0.05) is 37.3 Å². The molecule has 1 aromatic rings. The standard InChI is InChI=1S/C15H23NO4/c1-4-5-19-15-13(16)9-14(15)20-12-7-10(17-2)6-11(8-12)18-3/h6-8,13-15H,4-5,9,16H2,1-3H3. The summed E-state index contributed by atoms with van der Waals surface area (Å²) in [5.41, 5.74) is 5.97. The predicted molar refractivity (Wildman–Crippen MR) is 76.6 cm³/mol. The van der Waals surface area contributed by atoms with Crippen molar-refractivity contribution < 1.29 is 18.9 Å². The molecule has 0 aliphatic heterocycles. The van der Waals surface area contributed by atoms with Crippen LogP contribution >= 0.6 is 0 Å². The lowest BCUT2D eigenvalue weighted by molar-refractivity contribution is -0.0980. The third-order valence-corrected chi connectivity index (χ3v) is 3.42. The summed E-state index contributed by atoms with van der Waals surface area (Å²) in [4.78, 5) is 0. The van der Waals surface area contributed by atoms with Gasteiger partial charge in [0.05, 0.1) is 14.2 Å². The predicted octanol–water partition coefficient (Wildman–Crippen LogP) is 1.98. The first kappa shape index (κ1) is 14.9. The Labute approximate surface area is 120 Å². The Morgan fingerprint density at radius 1 is 1.10 bits per heavy atom. The van der Waals surface area contributed by atoms with Crippen molar-refractivity contribution in [2.75, 3.05) is 20.8 Å². The summed E-state index contributed by atoms with van der Waals surface area (Å²) in [7, 11) is 3.23. The number of nitrogens with two attached hydrogens (primary N) is 1. The van der Waals surface area contributed by atoms with Crippen molar-refractivity contribution in [2.45, 2.75) is 38.0 Å². The first-order valence-corrected chi connectivity index (χ1v) is 6.94. The molecule has 0 radical (unpaired) electrons. The quantitative estimate of drug-likeness (QED) is 0.828. The Balaban J connectivity index is 2.02. The van der Waals surface area contributed by atoms with Crippen LogP contribution in [0.3, 0.4) is 0 Å². The molecule has 112 valence electrons. The summed E-state index contributed by atoms with van der Waals surface area (Å²) in [6.07, 6.45) is 1.73. The molecule has 0 spiro atoms. The van der Waals surface area contributed by atoms with Gasteiger partial charge >= 0.3 is 0 Å². The summed E-state index contributed by atoms with van der Waals surface area (Å²) in [5, 5.41) is 0. The largest absolute Gasteiger partial charge is 0.496 e. The number of methoxy groups -OCH3 is 2. The van der Waals surface area contributed by atoms with E-state index in [0.29, 0.717) is 23.9 Å². The van der Waals surface area contributed by atoms with Crippen molar-refractivity contribution in [3.63, 3.8) is 0 Å². The van der Waals surface area contributed by atoms with Crippen LogP contribution in [0.5, 0.6) is 17.2 Å².